The summed E-state index contributed by atoms with van der Waals surface area (Å²) in [4.78, 5) is 15.7. The molecule has 4 rings (SSSR count). The molecular formula is C15H11F4N5O2. The van der Waals surface area contributed by atoms with Gasteiger partial charge in [0.05, 0.1) is 17.8 Å². The smallest absolute Gasteiger partial charge is 0.481 e. The number of hydrogen-bond acceptors (Lipinski definition) is 4. The molecule has 3 heterocycles. The van der Waals surface area contributed by atoms with E-state index >= 15 is 0 Å². The minimum atomic E-state index is -4.70. The topological polar surface area (TPSA) is 85.3 Å². The van der Waals surface area contributed by atoms with Gasteiger partial charge < -0.3 is 5.11 Å². The molecule has 0 saturated heterocycles. The highest BCUT2D eigenvalue weighted by molar-refractivity contribution is 5.79. The minimum absolute atomic E-state index is 0.0243. The second-order valence-electron chi connectivity index (χ2n) is 6.37. The molecule has 0 radical (unpaired) electrons. The summed E-state index contributed by atoms with van der Waals surface area (Å²) in [5.41, 5.74) is -0.289. The third kappa shape index (κ3) is 2.19. The zero-order valence-corrected chi connectivity index (χ0v) is 13.2. The molecule has 3 aromatic rings. The molecule has 7 nitrogen and oxygen atoms in total. The van der Waals surface area contributed by atoms with E-state index in [1.165, 1.54) is 6.20 Å². The van der Waals surface area contributed by atoms with Crippen molar-refractivity contribution in [1.29, 1.82) is 0 Å². The van der Waals surface area contributed by atoms with Gasteiger partial charge >= 0.3 is 12.3 Å². The van der Waals surface area contributed by atoms with Gasteiger partial charge in [-0.25, -0.2) is 9.50 Å². The summed E-state index contributed by atoms with van der Waals surface area (Å²) in [7, 11) is 0. The largest absolute Gasteiger partial charge is 0.504 e. The van der Waals surface area contributed by atoms with E-state index < -0.39 is 29.6 Å². The maximum absolute atomic E-state index is 13.6. The lowest BCUT2D eigenvalue weighted by molar-refractivity contribution is -0.212. The van der Waals surface area contributed by atoms with Crippen LogP contribution in [-0.4, -0.2) is 35.5 Å². The van der Waals surface area contributed by atoms with Crippen LogP contribution in [-0.2, 0) is 16.5 Å². The fourth-order valence-corrected chi connectivity index (χ4v) is 3.56. The van der Waals surface area contributed by atoms with E-state index in [9.17, 15) is 27.5 Å². The van der Waals surface area contributed by atoms with E-state index in [4.69, 9.17) is 0 Å². The Bertz CT molecular complexity index is 1040. The second kappa shape index (κ2) is 5.02. The monoisotopic (exact) mass is 369 g/mol. The van der Waals surface area contributed by atoms with Crippen molar-refractivity contribution in [3.8, 4) is 0 Å². The van der Waals surface area contributed by atoms with Gasteiger partial charge in [-0.3, -0.25) is 4.79 Å². The molecule has 1 N–H and O–H groups in total. The number of halogens is 4. The van der Waals surface area contributed by atoms with Gasteiger partial charge in [0.15, 0.2) is 5.65 Å². The number of rotatable bonds is 2. The lowest BCUT2D eigenvalue weighted by atomic mass is 9.81. The summed E-state index contributed by atoms with van der Waals surface area (Å²) < 4.78 is 53.3. The Morgan fingerprint density at radius 2 is 2.12 bits per heavy atom. The fourth-order valence-electron chi connectivity index (χ4n) is 3.56. The van der Waals surface area contributed by atoms with Crippen LogP contribution < -0.4 is 0 Å². The van der Waals surface area contributed by atoms with E-state index in [0.29, 0.717) is 5.69 Å². The Kier molecular flexibility index (Phi) is 3.18. The summed E-state index contributed by atoms with van der Waals surface area (Å²) in [6.45, 7) is 1.59. The number of carboxylic acids is 1. The Balaban J connectivity index is 1.98. The molecule has 0 bridgehead atoms. The molecule has 0 aromatic carbocycles. The van der Waals surface area contributed by atoms with Crippen molar-refractivity contribution in [3.05, 3.63) is 47.4 Å². The van der Waals surface area contributed by atoms with E-state index in [1.54, 1.807) is 6.92 Å². The van der Waals surface area contributed by atoms with Gasteiger partial charge in [-0.2, -0.15) is 14.2 Å². The Labute approximate surface area is 142 Å². The van der Waals surface area contributed by atoms with Crippen LogP contribution in [0.4, 0.5) is 17.6 Å². The Hall–Kier alpha value is -2.98. The molecule has 0 amide bonds. The van der Waals surface area contributed by atoms with Crippen molar-refractivity contribution in [2.45, 2.75) is 31.0 Å². The molecule has 2 atom stereocenters. The van der Waals surface area contributed by atoms with Gasteiger partial charge in [0.25, 0.3) is 0 Å². The van der Waals surface area contributed by atoms with E-state index in [-0.39, 0.29) is 27.9 Å². The van der Waals surface area contributed by atoms with Gasteiger partial charge in [-0.05, 0) is 13.3 Å². The third-order valence-electron chi connectivity index (χ3n) is 4.77. The number of alkyl halides is 3. The molecule has 1 aliphatic rings. The van der Waals surface area contributed by atoms with Crippen molar-refractivity contribution in [1.82, 2.24) is 24.4 Å². The first-order chi connectivity index (χ1) is 12.1. The summed E-state index contributed by atoms with van der Waals surface area (Å²) in [6.07, 6.45) is -1.57. The normalized spacial score (nSPS) is 22.7. The SMILES string of the molecule is CC1(c2cnn(C(F)(F)F)c2)CC(C(=O)O)c2cnc3cc(F)nn3c21. The lowest BCUT2D eigenvalue weighted by Gasteiger charge is -2.24. The summed E-state index contributed by atoms with van der Waals surface area (Å²) >= 11 is 0. The van der Waals surface area contributed by atoms with Crippen LogP contribution >= 0.6 is 0 Å². The lowest BCUT2D eigenvalue weighted by Crippen LogP contribution is -2.24. The Morgan fingerprint density at radius 1 is 1.38 bits per heavy atom. The average molecular weight is 369 g/mol. The average Bonchev–Trinajstić information content (AvgIpc) is 3.21. The zero-order chi connectivity index (χ0) is 18.9. The number of fused-ring (bicyclic) bond motifs is 3. The van der Waals surface area contributed by atoms with Crippen LogP contribution in [0, 0.1) is 5.95 Å². The highest BCUT2D eigenvalue weighted by atomic mass is 19.4. The van der Waals surface area contributed by atoms with Gasteiger partial charge in [-0.1, -0.05) is 0 Å². The maximum atomic E-state index is 13.6. The third-order valence-corrected chi connectivity index (χ3v) is 4.77. The Morgan fingerprint density at radius 3 is 2.73 bits per heavy atom. The van der Waals surface area contributed by atoms with Crippen molar-refractivity contribution in [2.75, 3.05) is 0 Å². The highest BCUT2D eigenvalue weighted by Crippen LogP contribution is 2.49. The highest BCUT2D eigenvalue weighted by Gasteiger charge is 2.48. The van der Waals surface area contributed by atoms with Crippen molar-refractivity contribution in [2.24, 2.45) is 0 Å². The van der Waals surface area contributed by atoms with E-state index in [1.807, 2.05) is 0 Å². The van der Waals surface area contributed by atoms with E-state index in [0.717, 1.165) is 23.0 Å². The predicted octanol–water partition coefficient (Wildman–Crippen LogP) is 2.42. The summed E-state index contributed by atoms with van der Waals surface area (Å²) in [6, 6.07) is 1.06. The quantitative estimate of drug-likeness (QED) is 0.702. The summed E-state index contributed by atoms with van der Waals surface area (Å²) in [5, 5.41) is 16.5. The molecule has 1 aliphatic carbocycles. The number of nitrogens with zero attached hydrogens (tertiary/aromatic N) is 5. The zero-order valence-electron chi connectivity index (χ0n) is 13.2. The molecule has 2 unspecified atom stereocenters. The van der Waals surface area contributed by atoms with Gasteiger partial charge in [0.2, 0.25) is 5.95 Å². The van der Waals surface area contributed by atoms with Crippen molar-refractivity contribution in [3.63, 3.8) is 0 Å². The van der Waals surface area contributed by atoms with Crippen LogP contribution in [0.5, 0.6) is 0 Å². The molecule has 3 aromatic heterocycles. The van der Waals surface area contributed by atoms with Gasteiger partial charge in [0, 0.05) is 35.0 Å². The van der Waals surface area contributed by atoms with E-state index in [2.05, 4.69) is 15.2 Å². The molecule has 0 aliphatic heterocycles. The second-order valence-corrected chi connectivity index (χ2v) is 6.37. The van der Waals surface area contributed by atoms with Crippen LogP contribution in [0.3, 0.4) is 0 Å². The number of carbonyl (C=O) groups is 1. The molecule has 0 fully saturated rings. The maximum Gasteiger partial charge on any atom is 0.504 e. The van der Waals surface area contributed by atoms with Gasteiger partial charge in [0.1, 0.15) is 0 Å². The molecule has 11 heteroatoms. The van der Waals surface area contributed by atoms with Crippen LogP contribution in [0.15, 0.2) is 24.7 Å². The molecule has 0 spiro atoms. The number of aliphatic carboxylic acids is 1. The first kappa shape index (κ1) is 16.5. The minimum Gasteiger partial charge on any atom is -0.481 e. The number of aromatic nitrogens is 5. The first-order valence-corrected chi connectivity index (χ1v) is 7.51. The van der Waals surface area contributed by atoms with Crippen LogP contribution in [0.2, 0.25) is 0 Å². The summed E-state index contributed by atoms with van der Waals surface area (Å²) in [5.74, 6) is -2.97. The molecular weight excluding hydrogens is 358 g/mol. The van der Waals surface area contributed by atoms with Crippen LogP contribution in [0.1, 0.15) is 36.1 Å². The standard InChI is InChI=1S/C15H11F4N5O2/c1-14(7-4-21-23(6-7)15(17,18)19)3-8(13(25)26)9-5-20-11-2-10(16)22-24(11)12(9)14/h2,4-6,8H,3H2,1H3,(H,25,26). The molecule has 0 saturated carbocycles. The van der Waals surface area contributed by atoms with Crippen molar-refractivity contribution < 1.29 is 27.5 Å². The molecule has 26 heavy (non-hydrogen) atoms. The number of hydrogen-bond donors (Lipinski definition) is 1. The molecule has 136 valence electrons. The number of carboxylic acid groups (broad SMARTS) is 1. The van der Waals surface area contributed by atoms with Gasteiger partial charge in [-0.15, -0.1) is 18.3 Å². The fraction of sp³-hybridized carbons (Fsp3) is 0.333. The van der Waals surface area contributed by atoms with Crippen LogP contribution in [0.25, 0.3) is 5.65 Å². The van der Waals surface area contributed by atoms with Crippen molar-refractivity contribution >= 4 is 11.6 Å². The first-order valence-electron chi connectivity index (χ1n) is 7.51. The predicted molar refractivity (Wildman–Crippen MR) is 77.9 cm³/mol.